The van der Waals surface area contributed by atoms with Crippen LogP contribution in [0, 0.1) is 0 Å². The van der Waals surface area contributed by atoms with Gasteiger partial charge >= 0.3 is 0 Å². The molecule has 1 N–H and O–H groups in total. The van der Waals surface area contributed by atoms with Gasteiger partial charge in [-0.3, -0.25) is 9.59 Å². The molecule has 0 saturated carbocycles. The largest absolute Gasteiger partial charge is 0.375 e. The van der Waals surface area contributed by atoms with Crippen molar-refractivity contribution in [2.45, 2.75) is 11.3 Å². The number of fused-ring (bicyclic) bond motifs is 1. The Morgan fingerprint density at radius 3 is 2.69 bits per heavy atom. The second kappa shape index (κ2) is 8.76. The van der Waals surface area contributed by atoms with Crippen LogP contribution in [0.4, 0.5) is 11.4 Å². The molecule has 0 unspecified atom stereocenters. The number of nitrogens with zero attached hydrogens (tertiary/aromatic N) is 2. The van der Waals surface area contributed by atoms with Crippen LogP contribution >= 0.6 is 11.8 Å². The third-order valence-electron chi connectivity index (χ3n) is 4.30. The standard InChI is InChI=1S/C20H23N3O2S/c1-22(16-8-3-2-4-9-16)13-7-12-21-19(24)14-23-17-10-5-6-11-18(17)26-15-20(23)25/h2-6,8-11H,7,12-15H2,1H3,(H,21,24). The van der Waals surface area contributed by atoms with Gasteiger partial charge < -0.3 is 15.1 Å². The number of anilines is 2. The van der Waals surface area contributed by atoms with E-state index in [1.807, 2.05) is 49.5 Å². The minimum Gasteiger partial charge on any atom is -0.375 e. The Morgan fingerprint density at radius 1 is 1.15 bits per heavy atom. The number of hydrogen-bond donors (Lipinski definition) is 1. The molecule has 0 atom stereocenters. The summed E-state index contributed by atoms with van der Waals surface area (Å²) in [6.07, 6.45) is 0.845. The molecule has 0 fully saturated rings. The number of hydrogen-bond acceptors (Lipinski definition) is 4. The fourth-order valence-corrected chi connectivity index (χ4v) is 3.82. The predicted molar refractivity (Wildman–Crippen MR) is 107 cm³/mol. The molecule has 136 valence electrons. The summed E-state index contributed by atoms with van der Waals surface area (Å²) in [5, 5.41) is 2.92. The van der Waals surface area contributed by atoms with E-state index in [0.29, 0.717) is 12.3 Å². The van der Waals surface area contributed by atoms with Gasteiger partial charge in [0.15, 0.2) is 0 Å². The maximum Gasteiger partial charge on any atom is 0.240 e. The first-order valence-corrected chi connectivity index (χ1v) is 9.69. The molecule has 6 heteroatoms. The van der Waals surface area contributed by atoms with Crippen LogP contribution in [0.2, 0.25) is 0 Å². The van der Waals surface area contributed by atoms with Crippen LogP contribution in [0.5, 0.6) is 0 Å². The maximum atomic E-state index is 12.3. The Labute approximate surface area is 158 Å². The normalized spacial score (nSPS) is 13.3. The summed E-state index contributed by atoms with van der Waals surface area (Å²) < 4.78 is 0. The number of carbonyl (C=O) groups excluding carboxylic acids is 2. The smallest absolute Gasteiger partial charge is 0.240 e. The monoisotopic (exact) mass is 369 g/mol. The van der Waals surface area contributed by atoms with Crippen molar-refractivity contribution in [3.63, 3.8) is 0 Å². The Balaban J connectivity index is 1.45. The van der Waals surface area contributed by atoms with Crippen molar-refractivity contribution < 1.29 is 9.59 Å². The molecule has 26 heavy (non-hydrogen) atoms. The summed E-state index contributed by atoms with van der Waals surface area (Å²) >= 11 is 1.52. The van der Waals surface area contributed by atoms with Crippen molar-refractivity contribution >= 4 is 35.0 Å². The first-order valence-electron chi connectivity index (χ1n) is 8.70. The summed E-state index contributed by atoms with van der Waals surface area (Å²) in [5.41, 5.74) is 1.99. The van der Waals surface area contributed by atoms with E-state index in [2.05, 4.69) is 22.3 Å². The van der Waals surface area contributed by atoms with Gasteiger partial charge in [-0.15, -0.1) is 11.8 Å². The fraction of sp³-hybridized carbons (Fsp3) is 0.300. The summed E-state index contributed by atoms with van der Waals surface area (Å²) in [6, 6.07) is 17.9. The Hall–Kier alpha value is -2.47. The molecule has 2 aromatic carbocycles. The van der Waals surface area contributed by atoms with Gasteiger partial charge in [-0.25, -0.2) is 0 Å². The van der Waals surface area contributed by atoms with Crippen molar-refractivity contribution in [2.75, 3.05) is 42.2 Å². The van der Waals surface area contributed by atoms with Crippen LogP contribution in [0.15, 0.2) is 59.5 Å². The molecule has 3 rings (SSSR count). The minimum atomic E-state index is -0.123. The lowest BCUT2D eigenvalue weighted by Gasteiger charge is -2.28. The van der Waals surface area contributed by atoms with Gasteiger partial charge in [0.2, 0.25) is 11.8 Å². The quantitative estimate of drug-likeness (QED) is 0.763. The van der Waals surface area contributed by atoms with Crippen LogP contribution in [0.1, 0.15) is 6.42 Å². The molecule has 0 aromatic heterocycles. The van der Waals surface area contributed by atoms with Crippen LogP contribution in [-0.2, 0) is 9.59 Å². The third kappa shape index (κ3) is 4.58. The number of para-hydroxylation sites is 2. The van der Waals surface area contributed by atoms with E-state index in [0.717, 1.165) is 29.2 Å². The van der Waals surface area contributed by atoms with Crippen LogP contribution < -0.4 is 15.1 Å². The highest BCUT2D eigenvalue weighted by molar-refractivity contribution is 8.00. The first-order chi connectivity index (χ1) is 12.6. The Kier molecular flexibility index (Phi) is 6.17. The number of thioether (sulfide) groups is 1. The van der Waals surface area contributed by atoms with Crippen LogP contribution in [0.25, 0.3) is 0 Å². The zero-order valence-corrected chi connectivity index (χ0v) is 15.7. The van der Waals surface area contributed by atoms with Crippen molar-refractivity contribution in [3.8, 4) is 0 Å². The lowest BCUT2D eigenvalue weighted by Crippen LogP contribution is -2.43. The summed E-state index contributed by atoms with van der Waals surface area (Å²) in [4.78, 5) is 29.2. The Bertz CT molecular complexity index is 767. The SMILES string of the molecule is CN(CCCNC(=O)CN1C(=O)CSc2ccccc21)c1ccccc1. The van der Waals surface area contributed by atoms with Gasteiger partial charge in [0.05, 0.1) is 11.4 Å². The zero-order chi connectivity index (χ0) is 18.4. The van der Waals surface area contributed by atoms with E-state index in [9.17, 15) is 9.59 Å². The number of amides is 2. The molecule has 2 amide bonds. The topological polar surface area (TPSA) is 52.7 Å². The lowest BCUT2D eigenvalue weighted by molar-refractivity contribution is -0.122. The molecule has 2 aromatic rings. The minimum absolute atomic E-state index is 0.0207. The van der Waals surface area contributed by atoms with Crippen LogP contribution in [0.3, 0.4) is 0 Å². The van der Waals surface area contributed by atoms with Gasteiger partial charge in [-0.1, -0.05) is 30.3 Å². The number of carbonyl (C=O) groups is 2. The average Bonchev–Trinajstić information content (AvgIpc) is 2.68. The number of benzene rings is 2. The lowest BCUT2D eigenvalue weighted by atomic mass is 10.2. The first kappa shape index (κ1) is 18.3. The van der Waals surface area contributed by atoms with E-state index in [1.165, 1.54) is 11.8 Å². The molecule has 0 spiro atoms. The second-order valence-electron chi connectivity index (χ2n) is 6.20. The molecular formula is C20H23N3O2S. The van der Waals surface area contributed by atoms with E-state index >= 15 is 0 Å². The average molecular weight is 369 g/mol. The third-order valence-corrected chi connectivity index (χ3v) is 5.35. The summed E-state index contributed by atoms with van der Waals surface area (Å²) in [6.45, 7) is 1.52. The van der Waals surface area contributed by atoms with Crippen molar-refractivity contribution in [2.24, 2.45) is 0 Å². The second-order valence-corrected chi connectivity index (χ2v) is 7.21. The predicted octanol–water partition coefficient (Wildman–Crippen LogP) is 2.77. The molecule has 0 aliphatic carbocycles. The molecule has 1 heterocycles. The highest BCUT2D eigenvalue weighted by Gasteiger charge is 2.25. The van der Waals surface area contributed by atoms with Crippen molar-refractivity contribution in [1.29, 1.82) is 0 Å². The van der Waals surface area contributed by atoms with Gasteiger partial charge in [0.25, 0.3) is 0 Å². The highest BCUT2D eigenvalue weighted by Crippen LogP contribution is 2.34. The molecule has 1 aliphatic heterocycles. The molecule has 5 nitrogen and oxygen atoms in total. The molecule has 0 radical (unpaired) electrons. The highest BCUT2D eigenvalue weighted by atomic mass is 32.2. The van der Waals surface area contributed by atoms with E-state index in [1.54, 1.807) is 4.90 Å². The maximum absolute atomic E-state index is 12.3. The van der Waals surface area contributed by atoms with Crippen LogP contribution in [-0.4, -0.2) is 44.2 Å². The van der Waals surface area contributed by atoms with Gasteiger partial charge in [-0.2, -0.15) is 0 Å². The molecule has 1 aliphatic rings. The summed E-state index contributed by atoms with van der Waals surface area (Å²) in [5.74, 6) is 0.238. The number of nitrogens with one attached hydrogen (secondary N) is 1. The van der Waals surface area contributed by atoms with Crippen molar-refractivity contribution in [1.82, 2.24) is 5.32 Å². The molecule has 0 bridgehead atoms. The fourth-order valence-electron chi connectivity index (χ4n) is 2.88. The number of rotatable bonds is 7. The van der Waals surface area contributed by atoms with E-state index < -0.39 is 0 Å². The molecular weight excluding hydrogens is 346 g/mol. The van der Waals surface area contributed by atoms with Crippen molar-refractivity contribution in [3.05, 3.63) is 54.6 Å². The summed E-state index contributed by atoms with van der Waals surface area (Å²) in [7, 11) is 2.04. The van der Waals surface area contributed by atoms with Gasteiger partial charge in [0, 0.05) is 30.7 Å². The van der Waals surface area contributed by atoms with E-state index in [4.69, 9.17) is 0 Å². The van der Waals surface area contributed by atoms with Gasteiger partial charge in [-0.05, 0) is 30.7 Å². The zero-order valence-electron chi connectivity index (χ0n) is 14.9. The molecule has 0 saturated heterocycles. The Morgan fingerprint density at radius 2 is 1.88 bits per heavy atom. The van der Waals surface area contributed by atoms with Gasteiger partial charge in [0.1, 0.15) is 6.54 Å². The van der Waals surface area contributed by atoms with E-state index in [-0.39, 0.29) is 18.4 Å².